The van der Waals surface area contributed by atoms with Crippen molar-refractivity contribution in [2.45, 2.75) is 79.2 Å². The van der Waals surface area contributed by atoms with E-state index in [9.17, 15) is 4.79 Å². The fourth-order valence-electron chi connectivity index (χ4n) is 4.30. The van der Waals surface area contributed by atoms with Crippen molar-refractivity contribution >= 4 is 5.97 Å². The zero-order chi connectivity index (χ0) is 14.5. The summed E-state index contributed by atoms with van der Waals surface area (Å²) in [5.41, 5.74) is -0.198. The van der Waals surface area contributed by atoms with Crippen molar-refractivity contribution in [3.63, 3.8) is 0 Å². The highest BCUT2D eigenvalue weighted by Crippen LogP contribution is 2.64. The molecule has 0 heterocycles. The molecule has 2 nitrogen and oxygen atoms in total. The molecule has 0 amide bonds. The maximum atomic E-state index is 12.5. The molecule has 2 aliphatic rings. The van der Waals surface area contributed by atoms with Gasteiger partial charge in [-0.3, -0.25) is 4.79 Å². The monoisotopic (exact) mass is 266 g/mol. The van der Waals surface area contributed by atoms with Gasteiger partial charge < -0.3 is 4.74 Å². The van der Waals surface area contributed by atoms with Crippen LogP contribution in [0.15, 0.2) is 0 Å². The van der Waals surface area contributed by atoms with Crippen molar-refractivity contribution < 1.29 is 9.53 Å². The molecule has 2 aliphatic carbocycles. The van der Waals surface area contributed by atoms with Crippen LogP contribution in [-0.2, 0) is 9.53 Å². The third kappa shape index (κ3) is 2.11. The predicted molar refractivity (Wildman–Crippen MR) is 77.8 cm³/mol. The van der Waals surface area contributed by atoms with Crippen LogP contribution in [0.25, 0.3) is 0 Å². The Morgan fingerprint density at radius 3 is 2.26 bits per heavy atom. The van der Waals surface area contributed by atoms with E-state index < -0.39 is 0 Å². The van der Waals surface area contributed by atoms with E-state index in [1.807, 2.05) is 13.8 Å². The van der Waals surface area contributed by atoms with E-state index >= 15 is 0 Å². The summed E-state index contributed by atoms with van der Waals surface area (Å²) in [5.74, 6) is 1.28. The van der Waals surface area contributed by atoms with Crippen LogP contribution in [0.2, 0.25) is 0 Å². The largest absolute Gasteiger partial charge is 0.458 e. The molecule has 2 heteroatoms. The minimum absolute atomic E-state index is 0.000185. The molecule has 0 radical (unpaired) electrons. The summed E-state index contributed by atoms with van der Waals surface area (Å²) in [6, 6.07) is 0. The zero-order valence-corrected chi connectivity index (χ0v) is 13.5. The molecule has 0 aromatic carbocycles. The average Bonchev–Trinajstić information content (AvgIpc) is 2.76. The number of hydrogen-bond acceptors (Lipinski definition) is 2. The van der Waals surface area contributed by atoms with Gasteiger partial charge in [0.2, 0.25) is 0 Å². The van der Waals surface area contributed by atoms with E-state index in [-0.39, 0.29) is 17.0 Å². The van der Waals surface area contributed by atoms with E-state index in [2.05, 4.69) is 27.7 Å². The second kappa shape index (κ2) is 4.49. The van der Waals surface area contributed by atoms with Gasteiger partial charge >= 0.3 is 5.97 Å². The Kier molecular flexibility index (Phi) is 3.52. The topological polar surface area (TPSA) is 26.3 Å². The number of carbonyl (C=O) groups is 1. The van der Waals surface area contributed by atoms with Gasteiger partial charge in [-0.25, -0.2) is 0 Å². The maximum absolute atomic E-state index is 12.5. The Hall–Kier alpha value is -0.530. The van der Waals surface area contributed by atoms with Gasteiger partial charge in [0.15, 0.2) is 0 Å². The van der Waals surface area contributed by atoms with Crippen LogP contribution in [0.1, 0.15) is 73.6 Å². The third-order valence-electron chi connectivity index (χ3n) is 6.31. The van der Waals surface area contributed by atoms with E-state index in [0.29, 0.717) is 11.3 Å². The summed E-state index contributed by atoms with van der Waals surface area (Å²) in [7, 11) is 0. The van der Waals surface area contributed by atoms with Crippen LogP contribution < -0.4 is 0 Å². The fraction of sp³-hybridized carbons (Fsp3) is 0.941. The first-order valence-corrected chi connectivity index (χ1v) is 7.93. The third-order valence-corrected chi connectivity index (χ3v) is 6.31. The lowest BCUT2D eigenvalue weighted by molar-refractivity contribution is -0.178. The van der Waals surface area contributed by atoms with E-state index in [1.54, 1.807) is 0 Å². The van der Waals surface area contributed by atoms with Crippen LogP contribution >= 0.6 is 0 Å². The van der Waals surface area contributed by atoms with E-state index in [1.165, 1.54) is 12.8 Å². The Balaban J connectivity index is 2.21. The molecule has 3 atom stereocenters. The molecule has 2 fully saturated rings. The number of fused-ring (bicyclic) bond motifs is 2. The molecule has 110 valence electrons. The van der Waals surface area contributed by atoms with Crippen LogP contribution in [0.5, 0.6) is 0 Å². The van der Waals surface area contributed by atoms with Crippen molar-refractivity contribution in [3.8, 4) is 0 Å². The number of carbonyl (C=O) groups excluding carboxylic acids is 1. The molecule has 19 heavy (non-hydrogen) atoms. The number of esters is 1. The van der Waals surface area contributed by atoms with Gasteiger partial charge in [0.05, 0.1) is 5.41 Å². The van der Waals surface area contributed by atoms with Crippen molar-refractivity contribution in [1.82, 2.24) is 0 Å². The summed E-state index contributed by atoms with van der Waals surface area (Å²) in [6.45, 7) is 13.0. The lowest BCUT2D eigenvalue weighted by Gasteiger charge is -2.40. The van der Waals surface area contributed by atoms with Crippen molar-refractivity contribution in [2.75, 3.05) is 0 Å². The van der Waals surface area contributed by atoms with Gasteiger partial charge in [-0.2, -0.15) is 0 Å². The second-order valence-electron chi connectivity index (χ2n) is 7.90. The molecule has 0 N–H and O–H groups in total. The lowest BCUT2D eigenvalue weighted by Crippen LogP contribution is -2.44. The van der Waals surface area contributed by atoms with Crippen LogP contribution in [0.4, 0.5) is 0 Å². The SMILES string of the molecule is CCC(C)(C)C(=O)OC1(CC)CC2CCC1C2(C)C. The Labute approximate surface area is 118 Å². The quantitative estimate of drug-likeness (QED) is 0.697. The molecular formula is C17H30O2. The summed E-state index contributed by atoms with van der Waals surface area (Å²) in [5, 5.41) is 0. The molecule has 0 aliphatic heterocycles. The number of rotatable bonds is 4. The molecule has 0 saturated heterocycles. The zero-order valence-electron chi connectivity index (χ0n) is 13.5. The predicted octanol–water partition coefficient (Wildman–Crippen LogP) is 4.57. The highest BCUT2D eigenvalue weighted by atomic mass is 16.6. The maximum Gasteiger partial charge on any atom is 0.312 e. The van der Waals surface area contributed by atoms with Crippen molar-refractivity contribution in [1.29, 1.82) is 0 Å². The van der Waals surface area contributed by atoms with E-state index in [4.69, 9.17) is 4.74 Å². The molecule has 0 spiro atoms. The van der Waals surface area contributed by atoms with Gasteiger partial charge in [-0.1, -0.05) is 27.7 Å². The normalized spacial score (nSPS) is 36.5. The Morgan fingerprint density at radius 2 is 1.89 bits per heavy atom. The lowest BCUT2D eigenvalue weighted by atomic mass is 9.76. The molecule has 0 aromatic rings. The second-order valence-corrected chi connectivity index (χ2v) is 7.90. The van der Waals surface area contributed by atoms with Gasteiger partial charge in [-0.05, 0) is 57.3 Å². The first-order valence-electron chi connectivity index (χ1n) is 7.93. The average molecular weight is 266 g/mol. The van der Waals surface area contributed by atoms with Gasteiger partial charge in [0, 0.05) is 5.92 Å². The minimum Gasteiger partial charge on any atom is -0.458 e. The van der Waals surface area contributed by atoms with Crippen LogP contribution in [0.3, 0.4) is 0 Å². The van der Waals surface area contributed by atoms with E-state index in [0.717, 1.165) is 25.2 Å². The standard InChI is InChI=1S/C17H30O2/c1-7-15(3,4)14(18)19-17(8-2)11-12-9-10-13(17)16(12,5)6/h12-13H,7-11H2,1-6H3. The molecular weight excluding hydrogens is 236 g/mol. The Bertz CT molecular complexity index is 369. The highest BCUT2D eigenvalue weighted by molar-refractivity contribution is 5.76. The van der Waals surface area contributed by atoms with Crippen LogP contribution in [-0.4, -0.2) is 11.6 Å². The Morgan fingerprint density at radius 1 is 1.26 bits per heavy atom. The van der Waals surface area contributed by atoms with Crippen molar-refractivity contribution in [3.05, 3.63) is 0 Å². The summed E-state index contributed by atoms with van der Waals surface area (Å²) in [6.07, 6.45) is 5.42. The van der Waals surface area contributed by atoms with Gasteiger partial charge in [0.1, 0.15) is 5.60 Å². The minimum atomic E-state index is -0.353. The van der Waals surface area contributed by atoms with Gasteiger partial charge in [-0.15, -0.1) is 0 Å². The fourth-order valence-corrected chi connectivity index (χ4v) is 4.30. The molecule has 3 unspecified atom stereocenters. The molecule has 2 saturated carbocycles. The number of hydrogen-bond donors (Lipinski definition) is 0. The summed E-state index contributed by atoms with van der Waals surface area (Å²) >= 11 is 0. The first-order chi connectivity index (χ1) is 8.69. The highest BCUT2D eigenvalue weighted by Gasteiger charge is 2.62. The summed E-state index contributed by atoms with van der Waals surface area (Å²) < 4.78 is 6.13. The number of ether oxygens (including phenoxy) is 1. The molecule has 2 rings (SSSR count). The molecule has 2 bridgehead atoms. The molecule has 0 aromatic heterocycles. The van der Waals surface area contributed by atoms with Crippen LogP contribution in [0, 0.1) is 22.7 Å². The van der Waals surface area contributed by atoms with Gasteiger partial charge in [0.25, 0.3) is 0 Å². The van der Waals surface area contributed by atoms with Crippen molar-refractivity contribution in [2.24, 2.45) is 22.7 Å². The first kappa shape index (κ1) is 14.9. The summed E-state index contributed by atoms with van der Waals surface area (Å²) in [4.78, 5) is 12.5. The smallest absolute Gasteiger partial charge is 0.312 e.